The highest BCUT2D eigenvalue weighted by molar-refractivity contribution is 5.84. The van der Waals surface area contributed by atoms with Crippen LogP contribution in [-0.2, 0) is 0 Å². The summed E-state index contributed by atoms with van der Waals surface area (Å²) in [4.78, 5) is 13.5. The number of fused-ring (bicyclic) bond motifs is 1. The van der Waals surface area contributed by atoms with E-state index >= 15 is 0 Å². The van der Waals surface area contributed by atoms with E-state index in [1.54, 1.807) is 36.4 Å². The first-order valence-electron chi connectivity index (χ1n) is 7.81. The molecule has 0 aliphatic heterocycles. The molecule has 0 bridgehead atoms. The van der Waals surface area contributed by atoms with Crippen molar-refractivity contribution in [1.29, 1.82) is 0 Å². The van der Waals surface area contributed by atoms with Crippen molar-refractivity contribution in [3.63, 3.8) is 0 Å². The van der Waals surface area contributed by atoms with Gasteiger partial charge in [0, 0.05) is 11.1 Å². The molecular weight excluding hydrogens is 332 g/mol. The molecule has 0 saturated carbocycles. The van der Waals surface area contributed by atoms with Crippen LogP contribution in [0.25, 0.3) is 33.7 Å². The van der Waals surface area contributed by atoms with Gasteiger partial charge in [-0.2, -0.15) is 0 Å². The van der Waals surface area contributed by atoms with Crippen LogP contribution in [0.4, 0.5) is 8.78 Å². The molecule has 2 heterocycles. The molecule has 2 aromatic carbocycles. The molecule has 4 rings (SSSR count). The fourth-order valence-corrected chi connectivity index (χ4v) is 2.64. The molecule has 5 heteroatoms. The molecule has 3 nitrogen and oxygen atoms in total. The van der Waals surface area contributed by atoms with Gasteiger partial charge in [0.15, 0.2) is 5.65 Å². The molecule has 0 unspecified atom stereocenters. The fourth-order valence-electron chi connectivity index (χ4n) is 2.64. The third kappa shape index (κ3) is 2.89. The Morgan fingerprint density at radius 3 is 1.73 bits per heavy atom. The highest BCUT2D eigenvalue weighted by atomic mass is 19.1. The van der Waals surface area contributed by atoms with Gasteiger partial charge in [-0.05, 0) is 60.7 Å². The van der Waals surface area contributed by atoms with Gasteiger partial charge >= 0.3 is 0 Å². The minimum atomic E-state index is -0.349. The van der Waals surface area contributed by atoms with E-state index < -0.39 is 0 Å². The van der Waals surface area contributed by atoms with Gasteiger partial charge in [0.2, 0.25) is 0 Å². The molecule has 0 fully saturated rings. The Morgan fingerprint density at radius 2 is 1.19 bits per heavy atom. The van der Waals surface area contributed by atoms with Gasteiger partial charge in [-0.25, -0.2) is 23.7 Å². The van der Waals surface area contributed by atoms with Crippen molar-refractivity contribution in [2.45, 2.75) is 0 Å². The average Bonchev–Trinajstić information content (AvgIpc) is 2.68. The predicted molar refractivity (Wildman–Crippen MR) is 96.1 cm³/mol. The number of nitrogens with zero attached hydrogens (tertiary/aromatic N) is 3. The molecule has 0 saturated heterocycles. The highest BCUT2D eigenvalue weighted by Gasteiger charge is 2.14. The minimum absolute atomic E-state index is 0.342. The Morgan fingerprint density at radius 1 is 0.654 bits per heavy atom. The maximum absolute atomic E-state index is 13.3. The van der Waals surface area contributed by atoms with Crippen LogP contribution in [0.1, 0.15) is 5.69 Å². The van der Waals surface area contributed by atoms with Crippen molar-refractivity contribution >= 4 is 11.2 Å². The van der Waals surface area contributed by atoms with Crippen molar-refractivity contribution in [2.75, 3.05) is 0 Å². The molecule has 0 N–H and O–H groups in total. The minimum Gasteiger partial charge on any atom is -0.242 e. The molecule has 0 aliphatic rings. The number of aromatic nitrogens is 3. The standard InChI is InChI=1S/C21H11F2N3/c1-2-17-11-12-18-21(24-17)26-20(14-5-9-16(23)10-6-14)19(25-18)13-3-7-15(22)8-4-13/h1,3-12H. The molecule has 4 aromatic rings. The van der Waals surface area contributed by atoms with E-state index in [2.05, 4.69) is 20.9 Å². The molecule has 2 aromatic heterocycles. The molecular formula is C21H11F2N3. The number of halogens is 2. The van der Waals surface area contributed by atoms with Crippen LogP contribution in [0.5, 0.6) is 0 Å². The van der Waals surface area contributed by atoms with Gasteiger partial charge in [-0.15, -0.1) is 6.42 Å². The summed E-state index contributed by atoms with van der Waals surface area (Å²) in [6.07, 6.45) is 5.40. The smallest absolute Gasteiger partial charge is 0.180 e. The summed E-state index contributed by atoms with van der Waals surface area (Å²) in [7, 11) is 0. The van der Waals surface area contributed by atoms with Gasteiger partial charge in [-0.1, -0.05) is 5.92 Å². The molecule has 0 spiro atoms. The van der Waals surface area contributed by atoms with Gasteiger partial charge in [0.05, 0.1) is 11.4 Å². The van der Waals surface area contributed by atoms with E-state index in [0.717, 1.165) is 0 Å². The number of hydrogen-bond donors (Lipinski definition) is 0. The lowest BCUT2D eigenvalue weighted by Crippen LogP contribution is -1.98. The summed E-state index contributed by atoms with van der Waals surface area (Å²) in [5.41, 5.74) is 3.85. The van der Waals surface area contributed by atoms with Crippen LogP contribution < -0.4 is 0 Å². The Balaban J connectivity index is 2.01. The summed E-state index contributed by atoms with van der Waals surface area (Å²) in [5, 5.41) is 0. The molecule has 0 radical (unpaired) electrons. The maximum Gasteiger partial charge on any atom is 0.180 e. The van der Waals surface area contributed by atoms with Crippen LogP contribution in [0.2, 0.25) is 0 Å². The molecule has 26 heavy (non-hydrogen) atoms. The summed E-state index contributed by atoms with van der Waals surface area (Å²) in [6.45, 7) is 0. The monoisotopic (exact) mass is 343 g/mol. The van der Waals surface area contributed by atoms with Crippen molar-refractivity contribution in [1.82, 2.24) is 15.0 Å². The zero-order valence-electron chi connectivity index (χ0n) is 13.4. The van der Waals surface area contributed by atoms with Gasteiger partial charge in [0.25, 0.3) is 0 Å². The van der Waals surface area contributed by atoms with Crippen molar-refractivity contribution in [3.05, 3.63) is 78.0 Å². The first-order valence-corrected chi connectivity index (χ1v) is 7.81. The number of rotatable bonds is 2. The highest BCUT2D eigenvalue weighted by Crippen LogP contribution is 2.30. The normalized spacial score (nSPS) is 10.7. The lowest BCUT2D eigenvalue weighted by atomic mass is 10.0. The second kappa shape index (κ2) is 6.34. The first kappa shape index (κ1) is 15.9. The van der Waals surface area contributed by atoms with Crippen molar-refractivity contribution < 1.29 is 8.78 Å². The Kier molecular flexibility index (Phi) is 3.86. The van der Waals surface area contributed by atoms with E-state index in [9.17, 15) is 8.78 Å². The van der Waals surface area contributed by atoms with Gasteiger partial charge in [0.1, 0.15) is 22.8 Å². The van der Waals surface area contributed by atoms with Gasteiger partial charge in [-0.3, -0.25) is 0 Å². The number of pyridine rings is 1. The van der Waals surface area contributed by atoms with Crippen LogP contribution in [-0.4, -0.2) is 15.0 Å². The molecule has 0 amide bonds. The molecule has 124 valence electrons. The van der Waals surface area contributed by atoms with Crippen LogP contribution in [0.15, 0.2) is 60.7 Å². The summed E-state index contributed by atoms with van der Waals surface area (Å²) in [6, 6.07) is 15.3. The van der Waals surface area contributed by atoms with E-state index in [1.807, 2.05) is 0 Å². The lowest BCUT2D eigenvalue weighted by Gasteiger charge is -2.10. The second-order valence-electron chi connectivity index (χ2n) is 5.62. The summed E-state index contributed by atoms with van der Waals surface area (Å²) in [5.74, 6) is 1.78. The van der Waals surface area contributed by atoms with Crippen LogP contribution in [0, 0.1) is 24.0 Å². The van der Waals surface area contributed by atoms with E-state index in [0.29, 0.717) is 39.4 Å². The van der Waals surface area contributed by atoms with Crippen molar-refractivity contribution in [2.24, 2.45) is 0 Å². The Labute approximate surface area is 148 Å². The molecule has 0 atom stereocenters. The Hall–Kier alpha value is -3.65. The maximum atomic E-state index is 13.3. The first-order chi connectivity index (χ1) is 12.6. The van der Waals surface area contributed by atoms with Gasteiger partial charge < -0.3 is 0 Å². The second-order valence-corrected chi connectivity index (χ2v) is 5.62. The fraction of sp³-hybridized carbons (Fsp3) is 0. The third-order valence-corrected chi connectivity index (χ3v) is 3.91. The average molecular weight is 343 g/mol. The SMILES string of the molecule is C#Cc1ccc2nc(-c3ccc(F)cc3)c(-c3ccc(F)cc3)nc2n1. The van der Waals surface area contributed by atoms with Crippen LogP contribution >= 0.6 is 0 Å². The quantitative estimate of drug-likeness (QED) is 0.499. The van der Waals surface area contributed by atoms with Crippen molar-refractivity contribution in [3.8, 4) is 34.9 Å². The number of benzene rings is 2. The number of terminal acetylenes is 1. The lowest BCUT2D eigenvalue weighted by molar-refractivity contribution is 0.627. The third-order valence-electron chi connectivity index (χ3n) is 3.91. The van der Waals surface area contributed by atoms with Crippen LogP contribution in [0.3, 0.4) is 0 Å². The largest absolute Gasteiger partial charge is 0.242 e. The topological polar surface area (TPSA) is 38.7 Å². The number of hydrogen-bond acceptors (Lipinski definition) is 3. The summed E-state index contributed by atoms with van der Waals surface area (Å²) < 4.78 is 26.6. The Bertz CT molecular complexity index is 1140. The van der Waals surface area contributed by atoms with E-state index in [-0.39, 0.29) is 11.6 Å². The zero-order chi connectivity index (χ0) is 18.1. The predicted octanol–water partition coefficient (Wildman–Crippen LogP) is 4.62. The van der Waals surface area contributed by atoms with E-state index in [4.69, 9.17) is 6.42 Å². The van der Waals surface area contributed by atoms with E-state index in [1.165, 1.54) is 24.3 Å². The summed E-state index contributed by atoms with van der Waals surface area (Å²) >= 11 is 0. The zero-order valence-corrected chi connectivity index (χ0v) is 13.4. The molecule has 0 aliphatic carbocycles.